The Balaban J connectivity index is 0.763. The van der Waals surface area contributed by atoms with E-state index in [9.17, 15) is 42.3 Å². The van der Waals surface area contributed by atoms with Crippen LogP contribution >= 0.6 is 0 Å². The van der Waals surface area contributed by atoms with Crippen LogP contribution in [0, 0.1) is 11.3 Å². The lowest BCUT2D eigenvalue weighted by molar-refractivity contribution is -0.172. The van der Waals surface area contributed by atoms with E-state index in [2.05, 4.69) is 10.3 Å². The summed E-state index contributed by atoms with van der Waals surface area (Å²) in [5.41, 5.74) is 11.2. The van der Waals surface area contributed by atoms with E-state index >= 15 is 0 Å². The van der Waals surface area contributed by atoms with Crippen molar-refractivity contribution in [2.24, 2.45) is 27.8 Å². The molecule has 2 aliphatic carbocycles. The minimum absolute atomic E-state index is 0.0334. The van der Waals surface area contributed by atoms with Crippen LogP contribution in [-0.4, -0.2) is 87.0 Å². The lowest BCUT2D eigenvalue weighted by atomic mass is 9.73. The smallest absolute Gasteiger partial charge is 0.431 e. The molecule has 1 atom stereocenters. The van der Waals surface area contributed by atoms with Gasteiger partial charge in [-0.2, -0.15) is 13.2 Å². The van der Waals surface area contributed by atoms with Gasteiger partial charge < -0.3 is 45.6 Å². The zero-order chi connectivity index (χ0) is 51.4. The number of likely N-dealkylation sites (tertiary alicyclic amines) is 1. The quantitative estimate of drug-likeness (QED) is 0.0728. The van der Waals surface area contributed by atoms with E-state index in [-0.39, 0.29) is 78.2 Å². The summed E-state index contributed by atoms with van der Waals surface area (Å²) in [6, 6.07) is 11.5. The first kappa shape index (κ1) is 50.3. The summed E-state index contributed by atoms with van der Waals surface area (Å²) in [7, 11) is 0. The molecule has 2 saturated carbocycles. The number of aryl methyl sites for hydroxylation is 1. The summed E-state index contributed by atoms with van der Waals surface area (Å²) in [4.78, 5) is 76.3. The van der Waals surface area contributed by atoms with Crippen molar-refractivity contribution < 1.29 is 51.7 Å². The molecular weight excluding hydrogens is 936 g/mol. The molecule has 19 heteroatoms. The molecule has 5 heterocycles. The molecule has 5 aliphatic rings. The van der Waals surface area contributed by atoms with E-state index in [0.29, 0.717) is 60.4 Å². The molecule has 2 aromatic heterocycles. The lowest BCUT2D eigenvalue weighted by Crippen LogP contribution is -2.44. The molecule has 9 rings (SSSR count). The summed E-state index contributed by atoms with van der Waals surface area (Å²) in [6.45, 7) is 8.97. The average molecular weight is 996 g/mol. The van der Waals surface area contributed by atoms with E-state index in [1.807, 2.05) is 13.0 Å². The first-order chi connectivity index (χ1) is 34.2. The van der Waals surface area contributed by atoms with Crippen molar-refractivity contribution in [2.75, 3.05) is 25.0 Å². The number of piperidine rings is 1. The van der Waals surface area contributed by atoms with Gasteiger partial charge in [-0.15, -0.1) is 0 Å². The number of pyridine rings is 2. The number of halogens is 3. The first-order valence-corrected chi connectivity index (χ1v) is 24.8. The molecule has 2 amide bonds. The van der Waals surface area contributed by atoms with Gasteiger partial charge in [-0.1, -0.05) is 27.7 Å². The number of amides is 2. The number of aliphatic hydroxyl groups is 1. The van der Waals surface area contributed by atoms with Crippen LogP contribution in [0.4, 0.5) is 29.3 Å². The van der Waals surface area contributed by atoms with Crippen LogP contribution in [-0.2, 0) is 44.2 Å². The van der Waals surface area contributed by atoms with E-state index < -0.39 is 52.2 Å². The number of hydrogen-bond donors (Lipinski definition) is 4. The highest BCUT2D eigenvalue weighted by atomic mass is 19.4. The number of aliphatic imine (C=N–C) groups is 1. The van der Waals surface area contributed by atoms with Gasteiger partial charge in [0.05, 0.1) is 57.7 Å². The van der Waals surface area contributed by atoms with Gasteiger partial charge in [-0.25, -0.2) is 14.6 Å². The number of cyclic esters (lactones) is 1. The Kier molecular flexibility index (Phi) is 13.6. The van der Waals surface area contributed by atoms with Gasteiger partial charge in [-0.3, -0.25) is 19.4 Å². The summed E-state index contributed by atoms with van der Waals surface area (Å²) in [6.07, 6.45) is 0.825. The zero-order valence-electron chi connectivity index (χ0n) is 40.9. The van der Waals surface area contributed by atoms with Crippen molar-refractivity contribution in [2.45, 2.75) is 135 Å². The standard InChI is InChI=1S/C53H60F3N7O9/c1-5-33-35-22-32(12-14-39(35)61-45-36(33)26-63-42(45)23-38-37(48(63)66)27-71-49(67)52(38,69)6-2)72-50(68)62-18-15-28(16-19-62)17-20-70-31-10-7-29(8-11-31)59-40-21-30(9-13-34(40)47(58)65)60-41-24-51(3,4)25-43(64)44(41)46(57)53(54,55)56/h9,12-14,21-23,28-29,31,59,69H,5-8,10-11,15-20,24-27,57H2,1-4H3,(H2,58,65)/t29?,31?,52-/m0/s1. The fraction of sp³-hybridized carbons (Fsp3) is 0.491. The van der Waals surface area contributed by atoms with Gasteiger partial charge in [0, 0.05) is 54.4 Å². The molecule has 1 saturated heterocycles. The fourth-order valence-electron chi connectivity index (χ4n) is 11.1. The van der Waals surface area contributed by atoms with Crippen LogP contribution in [0.3, 0.4) is 0 Å². The number of benzene rings is 2. The van der Waals surface area contributed by atoms with Crippen LogP contribution < -0.4 is 27.1 Å². The van der Waals surface area contributed by atoms with Crippen molar-refractivity contribution in [3.05, 3.63) is 91.9 Å². The molecule has 6 N–H and O–H groups in total. The number of primary amides is 1. The number of rotatable bonds is 11. The van der Waals surface area contributed by atoms with Gasteiger partial charge in [0.15, 0.2) is 11.4 Å². The number of nitrogens with zero attached hydrogens (tertiary/aromatic N) is 4. The zero-order valence-corrected chi connectivity index (χ0v) is 40.9. The van der Waals surface area contributed by atoms with Crippen LogP contribution in [0.5, 0.6) is 5.75 Å². The van der Waals surface area contributed by atoms with E-state index in [0.717, 1.165) is 61.5 Å². The molecule has 0 radical (unpaired) electrons. The van der Waals surface area contributed by atoms with Crippen molar-refractivity contribution >= 4 is 51.7 Å². The number of anilines is 1. The number of ketones is 1. The second-order valence-corrected chi connectivity index (χ2v) is 20.5. The molecule has 3 aliphatic heterocycles. The summed E-state index contributed by atoms with van der Waals surface area (Å²) >= 11 is 0. The van der Waals surface area contributed by atoms with Gasteiger partial charge in [-0.05, 0) is 124 Å². The second-order valence-electron chi connectivity index (χ2n) is 20.5. The highest BCUT2D eigenvalue weighted by Gasteiger charge is 2.46. The second kappa shape index (κ2) is 19.4. The maximum atomic E-state index is 13.7. The first-order valence-electron chi connectivity index (χ1n) is 24.8. The molecular formula is C53H60F3N7O9. The minimum Gasteiger partial charge on any atom is -0.458 e. The van der Waals surface area contributed by atoms with Gasteiger partial charge in [0.1, 0.15) is 18.1 Å². The molecule has 72 heavy (non-hydrogen) atoms. The number of nitrogens with one attached hydrogen (secondary N) is 1. The predicted octanol–water partition coefficient (Wildman–Crippen LogP) is 8.02. The largest absolute Gasteiger partial charge is 0.458 e. The summed E-state index contributed by atoms with van der Waals surface area (Å²) in [5.74, 6) is -1.42. The van der Waals surface area contributed by atoms with E-state index in [1.165, 1.54) is 12.1 Å². The number of fused-ring (bicyclic) bond motifs is 5. The minimum atomic E-state index is -4.91. The van der Waals surface area contributed by atoms with Gasteiger partial charge >= 0.3 is 18.2 Å². The number of esters is 1. The van der Waals surface area contributed by atoms with Crippen molar-refractivity contribution in [3.63, 3.8) is 0 Å². The Hall–Kier alpha value is -6.60. The maximum absolute atomic E-state index is 13.7. The maximum Gasteiger partial charge on any atom is 0.431 e. The SMILES string of the molecule is CCc1c2c(nc3ccc(OC(=O)N4CCC(CCOC5CCC(Nc6cc(N=C7CC(C)(C)CC(=O)C7=C(N)C(F)(F)F)ccc6C(N)=O)CC5)CC4)cc13)-c1cc3c(c(=O)n1C2)COC(=O)[C@]3(O)CC. The third-order valence-electron chi connectivity index (χ3n) is 15.1. The van der Waals surface area contributed by atoms with Crippen molar-refractivity contribution in [1.82, 2.24) is 14.5 Å². The van der Waals surface area contributed by atoms with E-state index in [1.54, 1.807) is 54.5 Å². The third kappa shape index (κ3) is 9.72. The number of hydrogen-bond acceptors (Lipinski definition) is 13. The number of nitrogens with two attached hydrogens (primary N) is 2. The van der Waals surface area contributed by atoms with Crippen LogP contribution in [0.15, 0.2) is 63.5 Å². The topological polar surface area (TPSA) is 231 Å². The molecule has 0 spiro atoms. The summed E-state index contributed by atoms with van der Waals surface area (Å²) in [5, 5.41) is 15.5. The normalized spacial score (nSPS) is 23.3. The highest BCUT2D eigenvalue weighted by molar-refractivity contribution is 6.25. The van der Waals surface area contributed by atoms with Crippen molar-refractivity contribution in [1.29, 1.82) is 0 Å². The van der Waals surface area contributed by atoms with Gasteiger partial charge in [0.2, 0.25) is 0 Å². The predicted molar refractivity (Wildman–Crippen MR) is 262 cm³/mol. The molecule has 4 aromatic rings. The number of carbonyl (C=O) groups is 4. The number of Topliss-reactive ketones (excluding diaryl/α,β-unsaturated/α-hetero) is 1. The van der Waals surface area contributed by atoms with Crippen molar-refractivity contribution in [3.8, 4) is 17.1 Å². The average Bonchev–Trinajstić information content (AvgIpc) is 3.70. The third-order valence-corrected chi connectivity index (χ3v) is 15.1. The van der Waals surface area contributed by atoms with Crippen LogP contribution in [0.25, 0.3) is 22.3 Å². The Morgan fingerprint density at radius 2 is 1.71 bits per heavy atom. The number of allylic oxidation sites excluding steroid dienone is 2. The Labute approximate surface area is 414 Å². The fourth-order valence-corrected chi connectivity index (χ4v) is 11.1. The number of aromatic nitrogens is 2. The molecule has 3 fully saturated rings. The molecule has 16 nitrogen and oxygen atoms in total. The Morgan fingerprint density at radius 3 is 2.39 bits per heavy atom. The van der Waals surface area contributed by atoms with E-state index in [4.69, 9.17) is 30.7 Å². The van der Waals surface area contributed by atoms with Gasteiger partial charge in [0.25, 0.3) is 11.5 Å². The molecule has 0 unspecified atom stereocenters. The molecule has 0 bridgehead atoms. The number of ether oxygens (including phenoxy) is 3. The molecule has 2 aromatic carbocycles. The van der Waals surface area contributed by atoms with Crippen LogP contribution in [0.2, 0.25) is 0 Å². The number of alkyl halides is 3. The number of carbonyl (C=O) groups excluding carboxylic acids is 4. The monoisotopic (exact) mass is 995 g/mol. The lowest BCUT2D eigenvalue weighted by Gasteiger charge is -2.33. The molecule has 382 valence electrons. The van der Waals surface area contributed by atoms with Crippen LogP contribution in [0.1, 0.15) is 125 Å². The summed E-state index contributed by atoms with van der Waals surface area (Å²) < 4.78 is 60.2. The highest BCUT2D eigenvalue weighted by Crippen LogP contribution is 2.42. The Morgan fingerprint density at radius 1 is 0.972 bits per heavy atom. The Bertz CT molecular complexity index is 3000.